The molecular weight excluding hydrogens is 438 g/mol. The number of nitrogens with zero attached hydrogens (tertiary/aromatic N) is 2. The van der Waals surface area contributed by atoms with Gasteiger partial charge in [-0.2, -0.15) is 0 Å². The Kier molecular flexibility index (Phi) is 6.32. The number of aliphatic hydroxyl groups excluding tert-OH is 1. The third-order valence-electron chi connectivity index (χ3n) is 6.82. The molecule has 2 aromatic heterocycles. The van der Waals surface area contributed by atoms with Gasteiger partial charge in [0.2, 0.25) is 0 Å². The maximum absolute atomic E-state index is 13.2. The zero-order valence-electron chi connectivity index (χ0n) is 20.3. The normalized spacial score (nSPS) is 19.1. The van der Waals surface area contributed by atoms with Gasteiger partial charge in [-0.05, 0) is 32.5 Å². The number of aliphatic hydroxyl groups is 1. The van der Waals surface area contributed by atoms with Gasteiger partial charge in [0.1, 0.15) is 5.76 Å². The third kappa shape index (κ3) is 4.20. The fraction of sp³-hybridized carbons (Fsp3) is 0.276. The standard InChI is InChI=1S/C29H31N3O3/c1-19(33)28-24-17-31(26-10-6-4-8-22(24)26)13-12-21(16-30-3)35-15-14-32-18-25(29(28)20(2)34)23-9-5-7-11-27(23)32/h4-11,17-18,21,30,33H,1,12-16H2,2-3H3/b29-28-/t21-/m1/s1. The van der Waals surface area contributed by atoms with E-state index in [1.807, 2.05) is 55.8 Å². The van der Waals surface area contributed by atoms with E-state index < -0.39 is 0 Å². The summed E-state index contributed by atoms with van der Waals surface area (Å²) in [7, 11) is 1.94. The van der Waals surface area contributed by atoms with E-state index in [0.29, 0.717) is 24.3 Å². The van der Waals surface area contributed by atoms with Gasteiger partial charge in [0.25, 0.3) is 0 Å². The van der Waals surface area contributed by atoms with E-state index in [0.717, 1.165) is 52.4 Å². The van der Waals surface area contributed by atoms with Crippen LogP contribution in [-0.4, -0.2) is 46.3 Å². The lowest BCUT2D eigenvalue weighted by Gasteiger charge is -2.19. The number of allylic oxidation sites excluding steroid dienone is 2. The molecule has 0 unspecified atom stereocenters. The molecule has 0 fully saturated rings. The quantitative estimate of drug-likeness (QED) is 0.405. The Balaban J connectivity index is 1.85. The lowest BCUT2D eigenvalue weighted by Crippen LogP contribution is -2.29. The molecule has 2 aromatic carbocycles. The highest BCUT2D eigenvalue weighted by atomic mass is 16.5. The average molecular weight is 470 g/mol. The molecule has 5 rings (SSSR count). The molecule has 4 aromatic rings. The highest BCUT2D eigenvalue weighted by Crippen LogP contribution is 2.39. The van der Waals surface area contributed by atoms with E-state index in [1.54, 1.807) is 6.92 Å². The van der Waals surface area contributed by atoms with Gasteiger partial charge < -0.3 is 24.3 Å². The number of hydrogen-bond acceptors (Lipinski definition) is 4. The number of rotatable bonds is 4. The van der Waals surface area contributed by atoms with Crippen molar-refractivity contribution in [2.24, 2.45) is 0 Å². The summed E-state index contributed by atoms with van der Waals surface area (Å²) in [6.07, 6.45) is 4.93. The van der Waals surface area contributed by atoms with Gasteiger partial charge in [-0.3, -0.25) is 4.79 Å². The van der Waals surface area contributed by atoms with Crippen molar-refractivity contribution >= 4 is 38.7 Å². The fourth-order valence-electron chi connectivity index (χ4n) is 5.27. The van der Waals surface area contributed by atoms with Gasteiger partial charge in [-0.1, -0.05) is 43.0 Å². The van der Waals surface area contributed by atoms with Crippen molar-refractivity contribution in [1.82, 2.24) is 14.5 Å². The van der Waals surface area contributed by atoms with Gasteiger partial charge in [0.05, 0.1) is 12.7 Å². The molecule has 1 aliphatic rings. The molecule has 0 saturated heterocycles. The van der Waals surface area contributed by atoms with Crippen molar-refractivity contribution in [2.45, 2.75) is 32.5 Å². The number of aryl methyl sites for hydroxylation is 1. The largest absolute Gasteiger partial charge is 0.508 e. The van der Waals surface area contributed by atoms with E-state index in [4.69, 9.17) is 4.74 Å². The number of aromatic nitrogens is 2. The molecule has 1 atom stereocenters. The summed E-state index contributed by atoms with van der Waals surface area (Å²) in [5, 5.41) is 16.1. The van der Waals surface area contributed by atoms with Crippen molar-refractivity contribution in [3.8, 4) is 0 Å². The first-order valence-corrected chi connectivity index (χ1v) is 12.1. The number of fused-ring (bicyclic) bond motifs is 10. The number of carbonyl (C=O) groups is 1. The maximum Gasteiger partial charge on any atom is 0.161 e. The SMILES string of the molecule is C=C(O)/C1=C(\C(C)=O)c2cn(c3ccccc23)CCO[C@@H](CNC)CCn2cc1c1ccccc12. The third-order valence-corrected chi connectivity index (χ3v) is 6.82. The van der Waals surface area contributed by atoms with Gasteiger partial charge in [-0.25, -0.2) is 0 Å². The number of Topliss-reactive ketones (excluding diaryl/α,β-unsaturated/α-hetero) is 1. The number of ether oxygens (including phenoxy) is 1. The molecule has 0 spiro atoms. The van der Waals surface area contributed by atoms with E-state index in [1.165, 1.54) is 0 Å². The number of benzene rings is 2. The molecule has 3 heterocycles. The highest BCUT2D eigenvalue weighted by molar-refractivity contribution is 6.32. The molecular formula is C29H31N3O3. The Morgan fingerprint density at radius 2 is 1.57 bits per heavy atom. The Bertz CT molecular complexity index is 1460. The maximum atomic E-state index is 13.2. The molecule has 6 heteroatoms. The number of hydrogen-bond donors (Lipinski definition) is 2. The topological polar surface area (TPSA) is 68.4 Å². The number of ketones is 1. The van der Waals surface area contributed by atoms with Crippen LogP contribution in [0.4, 0.5) is 0 Å². The van der Waals surface area contributed by atoms with Crippen LogP contribution >= 0.6 is 0 Å². The van der Waals surface area contributed by atoms with Crippen LogP contribution < -0.4 is 5.32 Å². The predicted octanol–water partition coefficient (Wildman–Crippen LogP) is 5.18. The van der Waals surface area contributed by atoms with Crippen molar-refractivity contribution in [3.05, 3.63) is 84.4 Å². The van der Waals surface area contributed by atoms with Crippen molar-refractivity contribution in [2.75, 3.05) is 20.2 Å². The lowest BCUT2D eigenvalue weighted by molar-refractivity contribution is -0.111. The number of nitrogens with one attached hydrogen (secondary N) is 1. The molecule has 1 aliphatic heterocycles. The van der Waals surface area contributed by atoms with Crippen LogP contribution in [0, 0.1) is 0 Å². The van der Waals surface area contributed by atoms with Crippen molar-refractivity contribution < 1.29 is 14.6 Å². The monoisotopic (exact) mass is 469 g/mol. The minimum absolute atomic E-state index is 0.0597. The first-order chi connectivity index (χ1) is 17.0. The first kappa shape index (κ1) is 23.1. The van der Waals surface area contributed by atoms with Crippen LogP contribution in [0.5, 0.6) is 0 Å². The highest BCUT2D eigenvalue weighted by Gasteiger charge is 2.25. The Morgan fingerprint density at radius 3 is 2.14 bits per heavy atom. The minimum atomic E-state index is -0.118. The second-order valence-electron chi connectivity index (χ2n) is 9.10. The molecule has 35 heavy (non-hydrogen) atoms. The molecule has 0 aliphatic carbocycles. The van der Waals surface area contributed by atoms with E-state index in [9.17, 15) is 9.90 Å². The number of para-hydroxylation sites is 2. The summed E-state index contributed by atoms with van der Waals surface area (Å²) in [4.78, 5) is 13.2. The van der Waals surface area contributed by atoms with E-state index >= 15 is 0 Å². The van der Waals surface area contributed by atoms with Crippen molar-refractivity contribution in [3.63, 3.8) is 0 Å². The molecule has 6 nitrogen and oxygen atoms in total. The summed E-state index contributed by atoms with van der Waals surface area (Å²) in [5.41, 5.74) is 4.62. The van der Waals surface area contributed by atoms with Gasteiger partial charge in [-0.15, -0.1) is 0 Å². The molecule has 0 saturated carbocycles. The Morgan fingerprint density at radius 1 is 1.00 bits per heavy atom. The zero-order chi connectivity index (χ0) is 24.5. The van der Waals surface area contributed by atoms with E-state index in [-0.39, 0.29) is 17.6 Å². The van der Waals surface area contributed by atoms with Gasteiger partial charge >= 0.3 is 0 Å². The molecule has 0 radical (unpaired) electrons. The smallest absolute Gasteiger partial charge is 0.161 e. The fourth-order valence-corrected chi connectivity index (χ4v) is 5.27. The first-order valence-electron chi connectivity index (χ1n) is 12.1. The summed E-state index contributed by atoms with van der Waals surface area (Å²) < 4.78 is 10.6. The number of carbonyl (C=O) groups excluding carboxylic acids is 1. The molecule has 4 bridgehead atoms. The summed E-state index contributed by atoms with van der Waals surface area (Å²) >= 11 is 0. The summed E-state index contributed by atoms with van der Waals surface area (Å²) in [6, 6.07) is 16.1. The summed E-state index contributed by atoms with van der Waals surface area (Å²) in [5.74, 6) is -0.231. The molecule has 2 N–H and O–H groups in total. The minimum Gasteiger partial charge on any atom is -0.508 e. The van der Waals surface area contributed by atoms with Crippen LogP contribution in [-0.2, 0) is 22.6 Å². The molecule has 0 amide bonds. The second kappa shape index (κ2) is 9.56. The zero-order valence-corrected chi connectivity index (χ0v) is 20.3. The van der Waals surface area contributed by atoms with Crippen LogP contribution in [0.15, 0.2) is 73.3 Å². The van der Waals surface area contributed by atoms with E-state index in [2.05, 4.69) is 33.2 Å². The Hall–Kier alpha value is -3.61. The average Bonchev–Trinajstić information content (AvgIpc) is 3.38. The number of likely N-dealkylation sites (N-methyl/N-ethyl adjacent to an activating group) is 1. The second-order valence-corrected chi connectivity index (χ2v) is 9.10. The lowest BCUT2D eigenvalue weighted by atomic mass is 9.91. The predicted molar refractivity (Wildman–Crippen MR) is 141 cm³/mol. The van der Waals surface area contributed by atoms with Crippen LogP contribution in [0.25, 0.3) is 33.0 Å². The summed E-state index contributed by atoms with van der Waals surface area (Å²) in [6.45, 7) is 8.18. The molecule has 180 valence electrons. The van der Waals surface area contributed by atoms with Crippen molar-refractivity contribution in [1.29, 1.82) is 0 Å². The van der Waals surface area contributed by atoms with Crippen LogP contribution in [0.1, 0.15) is 24.5 Å². The van der Waals surface area contributed by atoms with Gasteiger partial charge in [0.15, 0.2) is 5.78 Å². The van der Waals surface area contributed by atoms with Crippen LogP contribution in [0.2, 0.25) is 0 Å². The van der Waals surface area contributed by atoms with Crippen LogP contribution in [0.3, 0.4) is 0 Å². The Labute approximate surface area is 205 Å². The van der Waals surface area contributed by atoms with Gasteiger partial charge in [0, 0.05) is 76.1 Å².